The van der Waals surface area contributed by atoms with Gasteiger partial charge < -0.3 is 10.6 Å². The maximum absolute atomic E-state index is 5.96. The highest BCUT2D eigenvalue weighted by Crippen LogP contribution is 2.21. The van der Waals surface area contributed by atoms with Crippen molar-refractivity contribution in [2.45, 2.75) is 45.1 Å². The van der Waals surface area contributed by atoms with Gasteiger partial charge in [0.2, 0.25) is 0 Å². The van der Waals surface area contributed by atoms with Crippen LogP contribution in [0.1, 0.15) is 39.5 Å². The van der Waals surface area contributed by atoms with Gasteiger partial charge in [0.05, 0.1) is 0 Å². The van der Waals surface area contributed by atoms with Crippen molar-refractivity contribution < 1.29 is 0 Å². The van der Waals surface area contributed by atoms with Gasteiger partial charge in [-0.15, -0.1) is 0 Å². The van der Waals surface area contributed by atoms with Crippen LogP contribution in [0.5, 0.6) is 0 Å². The lowest BCUT2D eigenvalue weighted by atomic mass is 9.91. The van der Waals surface area contributed by atoms with Crippen LogP contribution in [0.4, 0.5) is 0 Å². The monoisotopic (exact) mass is 227 g/mol. The summed E-state index contributed by atoms with van der Waals surface area (Å²) >= 11 is 0. The summed E-state index contributed by atoms with van der Waals surface area (Å²) < 4.78 is 0. The second-order valence-corrected chi connectivity index (χ2v) is 5.11. The average molecular weight is 227 g/mol. The van der Waals surface area contributed by atoms with E-state index in [2.05, 4.69) is 30.7 Å². The van der Waals surface area contributed by atoms with E-state index in [-0.39, 0.29) is 5.54 Å². The van der Waals surface area contributed by atoms with Crippen molar-refractivity contribution in [3.63, 3.8) is 0 Å². The van der Waals surface area contributed by atoms with Gasteiger partial charge in [-0.25, -0.2) is 0 Å². The Morgan fingerprint density at radius 1 is 1.19 bits per heavy atom. The summed E-state index contributed by atoms with van der Waals surface area (Å²) in [5.41, 5.74) is 6.18. The molecule has 1 heterocycles. The average Bonchev–Trinajstić information content (AvgIpc) is 2.82. The lowest BCUT2D eigenvalue weighted by Gasteiger charge is -2.40. The molecule has 0 saturated carbocycles. The van der Waals surface area contributed by atoms with Gasteiger partial charge in [0.15, 0.2) is 0 Å². The van der Waals surface area contributed by atoms with E-state index in [0.29, 0.717) is 0 Å². The van der Waals surface area contributed by atoms with Gasteiger partial charge in [-0.1, -0.05) is 13.8 Å². The van der Waals surface area contributed by atoms with Crippen LogP contribution in [0.15, 0.2) is 0 Å². The molecular formula is C13H29N3. The third-order valence-electron chi connectivity index (χ3n) is 4.46. The standard InChI is InChI=1S/C13H29N3/c1-4-13(5-2,12-14)15(3)10-11-16-8-6-7-9-16/h4-12,14H2,1-3H3. The zero-order chi connectivity index (χ0) is 12.0. The first-order valence-corrected chi connectivity index (χ1v) is 6.82. The summed E-state index contributed by atoms with van der Waals surface area (Å²) in [6.07, 6.45) is 5.06. The van der Waals surface area contributed by atoms with E-state index in [1.165, 1.54) is 32.5 Å². The van der Waals surface area contributed by atoms with Crippen LogP contribution in [0.25, 0.3) is 0 Å². The molecule has 0 amide bonds. The van der Waals surface area contributed by atoms with Gasteiger partial charge in [-0.3, -0.25) is 4.90 Å². The molecule has 1 aliphatic heterocycles. The van der Waals surface area contributed by atoms with Gasteiger partial charge >= 0.3 is 0 Å². The molecule has 0 aliphatic carbocycles. The minimum Gasteiger partial charge on any atom is -0.329 e. The van der Waals surface area contributed by atoms with E-state index in [1.807, 2.05) is 0 Å². The molecule has 3 nitrogen and oxygen atoms in total. The van der Waals surface area contributed by atoms with Crippen molar-refractivity contribution in [2.24, 2.45) is 5.73 Å². The summed E-state index contributed by atoms with van der Waals surface area (Å²) in [6.45, 7) is 10.2. The van der Waals surface area contributed by atoms with E-state index in [4.69, 9.17) is 5.73 Å². The number of likely N-dealkylation sites (tertiary alicyclic amines) is 1. The van der Waals surface area contributed by atoms with Crippen molar-refractivity contribution in [3.05, 3.63) is 0 Å². The number of hydrogen-bond donors (Lipinski definition) is 1. The second kappa shape index (κ2) is 6.58. The lowest BCUT2D eigenvalue weighted by molar-refractivity contribution is 0.103. The minimum absolute atomic E-state index is 0.222. The first kappa shape index (κ1) is 13.9. The predicted molar refractivity (Wildman–Crippen MR) is 70.7 cm³/mol. The fourth-order valence-electron chi connectivity index (χ4n) is 2.77. The van der Waals surface area contributed by atoms with Crippen LogP contribution in [-0.4, -0.2) is 55.1 Å². The number of likely N-dealkylation sites (N-methyl/N-ethyl adjacent to an activating group) is 1. The van der Waals surface area contributed by atoms with E-state index < -0.39 is 0 Å². The van der Waals surface area contributed by atoms with E-state index in [0.717, 1.165) is 25.9 Å². The van der Waals surface area contributed by atoms with Gasteiger partial charge in [0.25, 0.3) is 0 Å². The molecule has 0 radical (unpaired) electrons. The SMILES string of the molecule is CCC(CC)(CN)N(C)CCN1CCCC1. The van der Waals surface area contributed by atoms with E-state index >= 15 is 0 Å². The molecule has 1 fully saturated rings. The van der Waals surface area contributed by atoms with Crippen molar-refractivity contribution in [1.29, 1.82) is 0 Å². The highest BCUT2D eigenvalue weighted by molar-refractivity contribution is 4.88. The highest BCUT2D eigenvalue weighted by Gasteiger charge is 2.29. The molecule has 0 atom stereocenters. The molecule has 0 aromatic carbocycles. The predicted octanol–water partition coefficient (Wildman–Crippen LogP) is 1.53. The summed E-state index contributed by atoms with van der Waals surface area (Å²) in [5.74, 6) is 0. The molecule has 0 aromatic heterocycles. The lowest BCUT2D eigenvalue weighted by Crippen LogP contribution is -2.53. The fourth-order valence-corrected chi connectivity index (χ4v) is 2.77. The molecule has 1 saturated heterocycles. The maximum Gasteiger partial charge on any atom is 0.0324 e. The Hall–Kier alpha value is -0.120. The Balaban J connectivity index is 2.38. The van der Waals surface area contributed by atoms with E-state index in [1.54, 1.807) is 0 Å². The normalized spacial score (nSPS) is 18.6. The number of nitrogens with two attached hydrogens (primary N) is 1. The zero-order valence-electron chi connectivity index (χ0n) is 11.3. The molecule has 16 heavy (non-hydrogen) atoms. The molecule has 1 rings (SSSR count). The molecule has 2 N–H and O–H groups in total. The first-order valence-electron chi connectivity index (χ1n) is 6.82. The Kier molecular flexibility index (Phi) is 5.73. The van der Waals surface area contributed by atoms with Crippen LogP contribution >= 0.6 is 0 Å². The molecule has 0 bridgehead atoms. The summed E-state index contributed by atoms with van der Waals surface area (Å²) in [5, 5.41) is 0. The van der Waals surface area contributed by atoms with Crippen LogP contribution in [0.2, 0.25) is 0 Å². The Morgan fingerprint density at radius 3 is 2.19 bits per heavy atom. The van der Waals surface area contributed by atoms with Gasteiger partial charge in [-0.05, 0) is 45.8 Å². The Bertz CT molecular complexity index is 175. The van der Waals surface area contributed by atoms with Gasteiger partial charge in [0, 0.05) is 25.2 Å². The minimum atomic E-state index is 0.222. The summed E-state index contributed by atoms with van der Waals surface area (Å²) in [6, 6.07) is 0. The zero-order valence-corrected chi connectivity index (χ0v) is 11.3. The summed E-state index contributed by atoms with van der Waals surface area (Å²) in [7, 11) is 2.23. The van der Waals surface area contributed by atoms with Gasteiger partial charge in [0.1, 0.15) is 0 Å². The number of rotatable bonds is 7. The molecular weight excluding hydrogens is 198 g/mol. The van der Waals surface area contributed by atoms with Crippen LogP contribution in [-0.2, 0) is 0 Å². The maximum atomic E-state index is 5.96. The molecule has 0 aromatic rings. The van der Waals surface area contributed by atoms with Gasteiger partial charge in [-0.2, -0.15) is 0 Å². The third-order valence-corrected chi connectivity index (χ3v) is 4.46. The summed E-state index contributed by atoms with van der Waals surface area (Å²) in [4.78, 5) is 5.05. The smallest absolute Gasteiger partial charge is 0.0324 e. The second-order valence-electron chi connectivity index (χ2n) is 5.11. The molecule has 0 spiro atoms. The third kappa shape index (κ3) is 3.19. The van der Waals surface area contributed by atoms with Crippen molar-refractivity contribution in [2.75, 3.05) is 39.8 Å². The van der Waals surface area contributed by atoms with Crippen molar-refractivity contribution in [3.8, 4) is 0 Å². The quantitative estimate of drug-likeness (QED) is 0.716. The van der Waals surface area contributed by atoms with Crippen LogP contribution < -0.4 is 5.73 Å². The fraction of sp³-hybridized carbons (Fsp3) is 1.00. The largest absolute Gasteiger partial charge is 0.329 e. The molecule has 96 valence electrons. The molecule has 1 aliphatic rings. The number of hydrogen-bond acceptors (Lipinski definition) is 3. The van der Waals surface area contributed by atoms with E-state index in [9.17, 15) is 0 Å². The first-order chi connectivity index (χ1) is 7.68. The van der Waals surface area contributed by atoms with Crippen LogP contribution in [0.3, 0.4) is 0 Å². The Labute approximate surface area is 101 Å². The van der Waals surface area contributed by atoms with Crippen molar-refractivity contribution in [1.82, 2.24) is 9.80 Å². The Morgan fingerprint density at radius 2 is 1.75 bits per heavy atom. The molecule has 0 unspecified atom stereocenters. The topological polar surface area (TPSA) is 32.5 Å². The van der Waals surface area contributed by atoms with Crippen LogP contribution in [0, 0.1) is 0 Å². The highest BCUT2D eigenvalue weighted by atomic mass is 15.2. The van der Waals surface area contributed by atoms with Crippen molar-refractivity contribution >= 4 is 0 Å². The number of nitrogens with zero attached hydrogens (tertiary/aromatic N) is 2. The molecule has 3 heteroatoms.